The van der Waals surface area contributed by atoms with Gasteiger partial charge in [-0.2, -0.15) is 15.0 Å². The lowest BCUT2D eigenvalue weighted by molar-refractivity contribution is 0.360. The van der Waals surface area contributed by atoms with Crippen molar-refractivity contribution < 1.29 is 0 Å². The predicted molar refractivity (Wildman–Crippen MR) is 73.3 cm³/mol. The van der Waals surface area contributed by atoms with Crippen molar-refractivity contribution in [1.82, 2.24) is 19.9 Å². The number of likely N-dealkylation sites (N-methyl/N-ethyl adjacent to an activating group) is 1. The monoisotopic (exact) mass is 270 g/mol. The van der Waals surface area contributed by atoms with E-state index in [9.17, 15) is 0 Å². The van der Waals surface area contributed by atoms with E-state index < -0.39 is 0 Å². The highest BCUT2D eigenvalue weighted by atomic mass is 35.5. The third kappa shape index (κ3) is 3.43. The van der Waals surface area contributed by atoms with Crippen molar-refractivity contribution in [1.29, 1.82) is 0 Å². The van der Waals surface area contributed by atoms with Crippen LogP contribution in [0.25, 0.3) is 0 Å². The summed E-state index contributed by atoms with van der Waals surface area (Å²) >= 11 is 5.94. The SMILES string of the molecule is CCNc1nc(Cl)nc(N2CCCN(C)CC2)n1. The van der Waals surface area contributed by atoms with Crippen molar-refractivity contribution in [3.05, 3.63) is 5.28 Å². The normalized spacial score (nSPS) is 17.6. The van der Waals surface area contributed by atoms with Gasteiger partial charge >= 0.3 is 0 Å². The van der Waals surface area contributed by atoms with Crippen molar-refractivity contribution in [2.45, 2.75) is 13.3 Å². The van der Waals surface area contributed by atoms with E-state index in [1.54, 1.807) is 0 Å². The average molecular weight is 271 g/mol. The lowest BCUT2D eigenvalue weighted by Crippen LogP contribution is -2.30. The molecule has 2 rings (SSSR count). The van der Waals surface area contributed by atoms with E-state index in [0.717, 1.165) is 39.1 Å². The fourth-order valence-electron chi connectivity index (χ4n) is 1.96. The quantitative estimate of drug-likeness (QED) is 0.888. The lowest BCUT2D eigenvalue weighted by Gasteiger charge is -2.20. The van der Waals surface area contributed by atoms with Crippen LogP contribution in [-0.2, 0) is 0 Å². The minimum Gasteiger partial charge on any atom is -0.354 e. The summed E-state index contributed by atoms with van der Waals surface area (Å²) in [4.78, 5) is 17.2. The molecule has 0 radical (unpaired) electrons. The van der Waals surface area contributed by atoms with Crippen LogP contribution in [0, 0.1) is 0 Å². The molecule has 0 unspecified atom stereocenters. The minimum absolute atomic E-state index is 0.244. The van der Waals surface area contributed by atoms with Gasteiger partial charge in [0.1, 0.15) is 0 Å². The minimum atomic E-state index is 0.244. The highest BCUT2D eigenvalue weighted by Gasteiger charge is 2.16. The van der Waals surface area contributed by atoms with Crippen LogP contribution in [0.5, 0.6) is 0 Å². The fourth-order valence-corrected chi connectivity index (χ4v) is 2.12. The van der Waals surface area contributed by atoms with Gasteiger partial charge in [-0.25, -0.2) is 0 Å². The number of hydrogen-bond donors (Lipinski definition) is 1. The molecule has 1 saturated heterocycles. The van der Waals surface area contributed by atoms with E-state index in [1.807, 2.05) is 6.92 Å². The first-order valence-electron chi connectivity index (χ1n) is 6.28. The molecule has 1 N–H and O–H groups in total. The molecular formula is C11H19ClN6. The van der Waals surface area contributed by atoms with Crippen LogP contribution < -0.4 is 10.2 Å². The molecule has 0 aliphatic carbocycles. The molecule has 1 aliphatic rings. The molecule has 0 bridgehead atoms. The Hall–Kier alpha value is -1.14. The van der Waals surface area contributed by atoms with Gasteiger partial charge in [-0.3, -0.25) is 0 Å². The Morgan fingerprint density at radius 3 is 2.78 bits per heavy atom. The third-order valence-corrected chi connectivity index (χ3v) is 3.10. The largest absolute Gasteiger partial charge is 0.354 e. The summed E-state index contributed by atoms with van der Waals surface area (Å²) < 4.78 is 0. The van der Waals surface area contributed by atoms with Crippen molar-refractivity contribution in [3.63, 3.8) is 0 Å². The summed E-state index contributed by atoms with van der Waals surface area (Å²) in [5.41, 5.74) is 0. The summed E-state index contributed by atoms with van der Waals surface area (Å²) in [6.07, 6.45) is 1.11. The third-order valence-electron chi connectivity index (χ3n) is 2.93. The molecule has 0 aromatic carbocycles. The maximum Gasteiger partial charge on any atom is 0.231 e. The second-order valence-electron chi connectivity index (χ2n) is 4.40. The number of nitrogens with one attached hydrogen (secondary N) is 1. The van der Waals surface area contributed by atoms with Crippen molar-refractivity contribution in [2.24, 2.45) is 0 Å². The number of nitrogens with zero attached hydrogens (tertiary/aromatic N) is 5. The first-order chi connectivity index (χ1) is 8.69. The Kier molecular flexibility index (Phi) is 4.54. The van der Waals surface area contributed by atoms with Crippen LogP contribution in [0.15, 0.2) is 0 Å². The van der Waals surface area contributed by atoms with Crippen LogP contribution >= 0.6 is 11.6 Å². The average Bonchev–Trinajstić information content (AvgIpc) is 2.54. The van der Waals surface area contributed by atoms with Gasteiger partial charge in [0.2, 0.25) is 17.2 Å². The van der Waals surface area contributed by atoms with Crippen molar-refractivity contribution in [3.8, 4) is 0 Å². The Morgan fingerprint density at radius 1 is 1.17 bits per heavy atom. The van der Waals surface area contributed by atoms with Crippen LogP contribution in [0.3, 0.4) is 0 Å². The molecule has 6 nitrogen and oxygen atoms in total. The second kappa shape index (κ2) is 6.15. The number of anilines is 2. The maximum atomic E-state index is 5.94. The molecule has 1 fully saturated rings. The van der Waals surface area contributed by atoms with Crippen LogP contribution in [0.4, 0.5) is 11.9 Å². The molecular weight excluding hydrogens is 252 g/mol. The molecule has 0 saturated carbocycles. The summed E-state index contributed by atoms with van der Waals surface area (Å²) in [5.74, 6) is 1.21. The molecule has 1 aromatic heterocycles. The van der Waals surface area contributed by atoms with E-state index in [2.05, 4.69) is 37.1 Å². The smallest absolute Gasteiger partial charge is 0.231 e. The van der Waals surface area contributed by atoms with Gasteiger partial charge in [-0.15, -0.1) is 0 Å². The van der Waals surface area contributed by atoms with Crippen molar-refractivity contribution in [2.75, 3.05) is 50.0 Å². The van der Waals surface area contributed by atoms with E-state index >= 15 is 0 Å². The fraction of sp³-hybridized carbons (Fsp3) is 0.727. The molecule has 0 spiro atoms. The lowest BCUT2D eigenvalue weighted by atomic mass is 10.4. The summed E-state index contributed by atoms with van der Waals surface area (Å²) in [6, 6.07) is 0. The molecule has 0 amide bonds. The number of aromatic nitrogens is 3. The Labute approximate surface area is 112 Å². The highest BCUT2D eigenvalue weighted by molar-refractivity contribution is 6.28. The Balaban J connectivity index is 2.15. The summed E-state index contributed by atoms with van der Waals surface area (Å²) in [5, 5.41) is 3.31. The zero-order valence-corrected chi connectivity index (χ0v) is 11.6. The van der Waals surface area contributed by atoms with E-state index in [4.69, 9.17) is 11.6 Å². The molecule has 2 heterocycles. The van der Waals surface area contributed by atoms with E-state index in [1.165, 1.54) is 0 Å². The van der Waals surface area contributed by atoms with Gasteiger partial charge < -0.3 is 15.1 Å². The van der Waals surface area contributed by atoms with E-state index in [-0.39, 0.29) is 5.28 Å². The molecule has 7 heteroatoms. The molecule has 0 atom stereocenters. The van der Waals surface area contributed by atoms with Crippen molar-refractivity contribution >= 4 is 23.5 Å². The second-order valence-corrected chi connectivity index (χ2v) is 4.74. The van der Waals surface area contributed by atoms with Crippen LogP contribution in [0.2, 0.25) is 5.28 Å². The number of halogens is 1. The highest BCUT2D eigenvalue weighted by Crippen LogP contribution is 2.15. The van der Waals surface area contributed by atoms with Gasteiger partial charge in [-0.1, -0.05) is 0 Å². The predicted octanol–water partition coefficient (Wildman–Crippen LogP) is 1.10. The Bertz CT molecular complexity index is 399. The van der Waals surface area contributed by atoms with Crippen LogP contribution in [0.1, 0.15) is 13.3 Å². The molecule has 1 aliphatic heterocycles. The number of hydrogen-bond acceptors (Lipinski definition) is 6. The topological polar surface area (TPSA) is 57.2 Å². The van der Waals surface area contributed by atoms with Gasteiger partial charge in [0.25, 0.3) is 0 Å². The summed E-state index contributed by atoms with van der Waals surface area (Å²) in [6.45, 7) is 6.76. The number of rotatable bonds is 3. The standard InChI is InChI=1S/C11H19ClN6/c1-3-13-10-14-9(12)15-11(16-10)18-6-4-5-17(2)7-8-18/h3-8H2,1-2H3,(H,13,14,15,16). The maximum absolute atomic E-state index is 5.94. The first kappa shape index (κ1) is 13.3. The van der Waals surface area contributed by atoms with Gasteiger partial charge in [0.05, 0.1) is 0 Å². The molecule has 18 heavy (non-hydrogen) atoms. The Morgan fingerprint density at radius 2 is 2.00 bits per heavy atom. The van der Waals surface area contributed by atoms with E-state index in [0.29, 0.717) is 11.9 Å². The van der Waals surface area contributed by atoms with Gasteiger partial charge in [0, 0.05) is 26.2 Å². The zero-order chi connectivity index (χ0) is 13.0. The summed E-state index contributed by atoms with van der Waals surface area (Å²) in [7, 11) is 2.13. The zero-order valence-electron chi connectivity index (χ0n) is 10.9. The molecule has 1 aromatic rings. The van der Waals surface area contributed by atoms with Gasteiger partial charge in [0.15, 0.2) is 0 Å². The van der Waals surface area contributed by atoms with Crippen LogP contribution in [-0.4, -0.2) is 59.6 Å². The molecule has 100 valence electrons. The first-order valence-corrected chi connectivity index (χ1v) is 6.65. The van der Waals surface area contributed by atoms with Gasteiger partial charge in [-0.05, 0) is 38.5 Å².